The summed E-state index contributed by atoms with van der Waals surface area (Å²) in [6, 6.07) is 5.06. The summed E-state index contributed by atoms with van der Waals surface area (Å²) in [4.78, 5) is 13.8. The van der Waals surface area contributed by atoms with Crippen molar-refractivity contribution in [2.45, 2.75) is 26.4 Å². The number of amides is 1. The van der Waals surface area contributed by atoms with Crippen molar-refractivity contribution >= 4 is 5.91 Å². The molecule has 112 valence electrons. The lowest BCUT2D eigenvalue weighted by atomic mass is 10.0. The molecular weight excluding hydrogens is 256 g/mol. The van der Waals surface area contributed by atoms with Crippen LogP contribution in [0.5, 0.6) is 11.5 Å². The van der Waals surface area contributed by atoms with Gasteiger partial charge in [0.2, 0.25) is 5.91 Å². The number of nitrogens with two attached hydrogens (primary N) is 1. The van der Waals surface area contributed by atoms with Crippen LogP contribution in [-0.4, -0.2) is 38.1 Å². The number of ether oxygens (including phenoxy) is 2. The van der Waals surface area contributed by atoms with Gasteiger partial charge in [-0.1, -0.05) is 13.8 Å². The largest absolute Gasteiger partial charge is 0.497 e. The molecule has 0 unspecified atom stereocenters. The molecule has 1 rings (SSSR count). The second-order valence-electron chi connectivity index (χ2n) is 5.14. The molecule has 20 heavy (non-hydrogen) atoms. The normalized spacial score (nSPS) is 12.2. The van der Waals surface area contributed by atoms with Gasteiger partial charge in [-0.15, -0.1) is 0 Å². The molecular formula is C15H24N2O3. The molecule has 0 saturated heterocycles. The van der Waals surface area contributed by atoms with Crippen LogP contribution in [0.25, 0.3) is 0 Å². The highest BCUT2D eigenvalue weighted by Crippen LogP contribution is 2.25. The van der Waals surface area contributed by atoms with Crippen molar-refractivity contribution in [2.75, 3.05) is 21.3 Å². The molecule has 0 aromatic heterocycles. The SMILES string of the molecule is COc1ccc(CN(C)C(=O)[C@@H](N)C(C)C)c(OC)c1. The summed E-state index contributed by atoms with van der Waals surface area (Å²) >= 11 is 0. The van der Waals surface area contributed by atoms with Gasteiger partial charge in [0.05, 0.1) is 20.3 Å². The molecule has 0 saturated carbocycles. The number of hydrogen-bond donors (Lipinski definition) is 1. The Morgan fingerprint density at radius 3 is 2.45 bits per heavy atom. The number of rotatable bonds is 6. The van der Waals surface area contributed by atoms with Crippen molar-refractivity contribution in [2.24, 2.45) is 11.7 Å². The van der Waals surface area contributed by atoms with E-state index in [0.717, 1.165) is 11.3 Å². The van der Waals surface area contributed by atoms with Crippen LogP contribution in [0.2, 0.25) is 0 Å². The third-order valence-corrected chi connectivity index (χ3v) is 3.28. The fourth-order valence-corrected chi connectivity index (χ4v) is 1.86. The predicted octanol–water partition coefficient (Wildman–Crippen LogP) is 1.65. The van der Waals surface area contributed by atoms with Gasteiger partial charge >= 0.3 is 0 Å². The second-order valence-corrected chi connectivity index (χ2v) is 5.14. The van der Waals surface area contributed by atoms with Crippen LogP contribution in [0.1, 0.15) is 19.4 Å². The summed E-state index contributed by atoms with van der Waals surface area (Å²) in [6.07, 6.45) is 0. The minimum atomic E-state index is -0.482. The molecule has 0 bridgehead atoms. The minimum Gasteiger partial charge on any atom is -0.497 e. The summed E-state index contributed by atoms with van der Waals surface area (Å²) in [6.45, 7) is 4.32. The Bertz CT molecular complexity index is 460. The van der Waals surface area contributed by atoms with Crippen LogP contribution in [0.15, 0.2) is 18.2 Å². The topological polar surface area (TPSA) is 64.8 Å². The Hall–Kier alpha value is -1.75. The van der Waals surface area contributed by atoms with Crippen molar-refractivity contribution in [3.05, 3.63) is 23.8 Å². The van der Waals surface area contributed by atoms with Gasteiger partial charge in [-0.3, -0.25) is 4.79 Å². The summed E-state index contributed by atoms with van der Waals surface area (Å²) in [7, 11) is 4.94. The molecule has 0 heterocycles. The number of hydrogen-bond acceptors (Lipinski definition) is 4. The first-order valence-electron chi connectivity index (χ1n) is 6.62. The van der Waals surface area contributed by atoms with Gasteiger partial charge in [-0.2, -0.15) is 0 Å². The first kappa shape index (κ1) is 16.3. The van der Waals surface area contributed by atoms with Gasteiger partial charge in [0, 0.05) is 25.2 Å². The van der Waals surface area contributed by atoms with Gasteiger partial charge in [0.15, 0.2) is 0 Å². The Morgan fingerprint density at radius 2 is 1.95 bits per heavy atom. The Kier molecular flexibility index (Phi) is 5.82. The maximum atomic E-state index is 12.1. The lowest BCUT2D eigenvalue weighted by Gasteiger charge is -2.24. The smallest absolute Gasteiger partial charge is 0.239 e. The molecule has 0 aliphatic heterocycles. The van der Waals surface area contributed by atoms with E-state index >= 15 is 0 Å². The lowest BCUT2D eigenvalue weighted by Crippen LogP contribution is -2.44. The molecule has 0 spiro atoms. The van der Waals surface area contributed by atoms with Crippen LogP contribution < -0.4 is 15.2 Å². The van der Waals surface area contributed by atoms with E-state index in [1.807, 2.05) is 26.0 Å². The molecule has 2 N–H and O–H groups in total. The minimum absolute atomic E-state index is 0.0714. The summed E-state index contributed by atoms with van der Waals surface area (Å²) in [5.41, 5.74) is 6.81. The van der Waals surface area contributed by atoms with Crippen LogP contribution in [0, 0.1) is 5.92 Å². The van der Waals surface area contributed by atoms with Gasteiger partial charge in [0.25, 0.3) is 0 Å². The molecule has 0 aliphatic rings. The van der Waals surface area contributed by atoms with Gasteiger partial charge in [-0.25, -0.2) is 0 Å². The van der Waals surface area contributed by atoms with E-state index in [-0.39, 0.29) is 11.8 Å². The third-order valence-electron chi connectivity index (χ3n) is 3.28. The maximum absolute atomic E-state index is 12.1. The Morgan fingerprint density at radius 1 is 1.30 bits per heavy atom. The van der Waals surface area contributed by atoms with Crippen molar-refractivity contribution in [1.82, 2.24) is 4.90 Å². The number of likely N-dealkylation sites (N-methyl/N-ethyl adjacent to an activating group) is 1. The van der Waals surface area contributed by atoms with E-state index in [2.05, 4.69) is 0 Å². The van der Waals surface area contributed by atoms with Crippen LogP contribution in [0.3, 0.4) is 0 Å². The molecule has 0 radical (unpaired) electrons. The molecule has 0 fully saturated rings. The molecule has 5 nitrogen and oxygen atoms in total. The maximum Gasteiger partial charge on any atom is 0.239 e. The van der Waals surface area contributed by atoms with Crippen molar-refractivity contribution in [3.63, 3.8) is 0 Å². The highest BCUT2D eigenvalue weighted by atomic mass is 16.5. The summed E-state index contributed by atoms with van der Waals surface area (Å²) < 4.78 is 10.5. The summed E-state index contributed by atoms with van der Waals surface area (Å²) in [5.74, 6) is 1.46. The highest BCUT2D eigenvalue weighted by molar-refractivity contribution is 5.81. The van der Waals surface area contributed by atoms with Gasteiger partial charge in [-0.05, 0) is 18.1 Å². The summed E-state index contributed by atoms with van der Waals surface area (Å²) in [5, 5.41) is 0. The van der Waals surface area contributed by atoms with E-state index in [1.165, 1.54) is 0 Å². The van der Waals surface area contributed by atoms with Gasteiger partial charge in [0.1, 0.15) is 11.5 Å². The van der Waals surface area contributed by atoms with Crippen molar-refractivity contribution in [3.8, 4) is 11.5 Å². The fraction of sp³-hybridized carbons (Fsp3) is 0.533. The van der Waals surface area contributed by atoms with Gasteiger partial charge < -0.3 is 20.1 Å². The van der Waals surface area contributed by atoms with Crippen LogP contribution in [-0.2, 0) is 11.3 Å². The number of nitrogens with zero attached hydrogens (tertiary/aromatic N) is 1. The quantitative estimate of drug-likeness (QED) is 0.860. The van der Waals surface area contributed by atoms with Crippen LogP contribution in [0.4, 0.5) is 0 Å². The van der Waals surface area contributed by atoms with Crippen molar-refractivity contribution < 1.29 is 14.3 Å². The molecule has 1 amide bonds. The predicted molar refractivity (Wildman–Crippen MR) is 78.8 cm³/mol. The second kappa shape index (κ2) is 7.14. The zero-order valence-corrected chi connectivity index (χ0v) is 12.8. The zero-order valence-electron chi connectivity index (χ0n) is 12.8. The first-order valence-corrected chi connectivity index (χ1v) is 6.62. The number of carbonyl (C=O) groups is 1. The number of methoxy groups -OCH3 is 2. The standard InChI is InChI=1S/C15H24N2O3/c1-10(2)14(16)15(18)17(3)9-11-6-7-12(19-4)8-13(11)20-5/h6-8,10,14H,9,16H2,1-5H3/t14-/m0/s1. The fourth-order valence-electron chi connectivity index (χ4n) is 1.86. The van der Waals surface area contributed by atoms with E-state index in [0.29, 0.717) is 12.3 Å². The Balaban J connectivity index is 2.85. The number of benzene rings is 1. The molecule has 1 atom stereocenters. The van der Waals surface area contributed by atoms with E-state index in [9.17, 15) is 4.79 Å². The molecule has 1 aromatic carbocycles. The average molecular weight is 280 g/mol. The highest BCUT2D eigenvalue weighted by Gasteiger charge is 2.21. The monoisotopic (exact) mass is 280 g/mol. The third kappa shape index (κ3) is 3.87. The number of carbonyl (C=O) groups excluding carboxylic acids is 1. The Labute approximate surface area is 120 Å². The van der Waals surface area contributed by atoms with E-state index in [1.54, 1.807) is 32.2 Å². The lowest BCUT2D eigenvalue weighted by molar-refractivity contribution is -0.132. The zero-order chi connectivity index (χ0) is 15.3. The van der Waals surface area contributed by atoms with Crippen LogP contribution >= 0.6 is 0 Å². The van der Waals surface area contributed by atoms with E-state index in [4.69, 9.17) is 15.2 Å². The average Bonchev–Trinajstić information content (AvgIpc) is 2.45. The van der Waals surface area contributed by atoms with Crippen molar-refractivity contribution in [1.29, 1.82) is 0 Å². The molecule has 0 aliphatic carbocycles. The first-order chi connectivity index (χ1) is 9.40. The molecule has 1 aromatic rings. The van der Waals surface area contributed by atoms with E-state index < -0.39 is 6.04 Å². The molecule has 5 heteroatoms.